The maximum atomic E-state index is 10.4. The van der Waals surface area contributed by atoms with Crippen LogP contribution in [0.1, 0.15) is 32.9 Å². The van der Waals surface area contributed by atoms with Crippen LogP contribution in [0.2, 0.25) is 0 Å². The molecule has 0 fully saturated rings. The van der Waals surface area contributed by atoms with Crippen molar-refractivity contribution < 1.29 is 15.0 Å². The Morgan fingerprint density at radius 2 is 1.31 bits per heavy atom. The average Bonchev–Trinajstić information content (AvgIpc) is 3.62. The Balaban J connectivity index is 0.000000124. The number of aldehydes is 1. The zero-order valence-electron chi connectivity index (χ0n) is 19.5. The summed E-state index contributed by atoms with van der Waals surface area (Å²) in [7, 11) is 0. The first kappa shape index (κ1) is 23.8. The Hall–Kier alpha value is -4.34. The highest BCUT2D eigenvalue weighted by Gasteiger charge is 1.99. The topological polar surface area (TPSA) is 109 Å². The number of imidazole rings is 3. The quantitative estimate of drug-likeness (QED) is 0.384. The van der Waals surface area contributed by atoms with Gasteiger partial charge in [0.15, 0.2) is 6.29 Å². The molecule has 178 valence electrons. The number of nitrogens with zero attached hydrogens (tertiary/aromatic N) is 6. The lowest BCUT2D eigenvalue weighted by molar-refractivity contribution is 0.112. The number of aliphatic hydroxyl groups excluding tert-OH is 2. The van der Waals surface area contributed by atoms with Crippen molar-refractivity contribution in [2.45, 2.75) is 27.1 Å². The van der Waals surface area contributed by atoms with Gasteiger partial charge in [-0.25, -0.2) is 15.0 Å². The van der Waals surface area contributed by atoms with Crippen molar-refractivity contribution in [2.24, 2.45) is 0 Å². The molecule has 0 aliphatic carbocycles. The van der Waals surface area contributed by atoms with Crippen molar-refractivity contribution in [3.8, 4) is 0 Å². The second kappa shape index (κ2) is 10.7. The molecule has 9 nitrogen and oxygen atoms in total. The molecule has 2 N–H and O–H groups in total. The van der Waals surface area contributed by atoms with Crippen LogP contribution in [0.15, 0.2) is 79.8 Å². The Morgan fingerprint density at radius 3 is 1.94 bits per heavy atom. The smallest absolute Gasteiger partial charge is 0.151 e. The first-order valence-corrected chi connectivity index (χ1v) is 11.0. The second-order valence-electron chi connectivity index (χ2n) is 7.92. The van der Waals surface area contributed by atoms with Crippen molar-refractivity contribution in [3.63, 3.8) is 0 Å². The molecule has 35 heavy (non-hydrogen) atoms. The van der Waals surface area contributed by atoms with Crippen molar-refractivity contribution >= 4 is 23.2 Å². The molecule has 0 aliphatic rings. The highest BCUT2D eigenvalue weighted by atomic mass is 16.3. The van der Waals surface area contributed by atoms with Gasteiger partial charge in [0.25, 0.3) is 0 Å². The zero-order chi connectivity index (χ0) is 24.8. The van der Waals surface area contributed by atoms with Gasteiger partial charge in [-0.05, 0) is 49.2 Å². The van der Waals surface area contributed by atoms with E-state index in [4.69, 9.17) is 10.2 Å². The van der Waals surface area contributed by atoms with E-state index in [-0.39, 0.29) is 13.2 Å². The van der Waals surface area contributed by atoms with Crippen LogP contribution in [-0.2, 0) is 13.2 Å². The number of hydrogen-bond acceptors (Lipinski definition) is 6. The number of rotatable bonds is 3. The first-order valence-electron chi connectivity index (χ1n) is 11.0. The Labute approximate surface area is 201 Å². The van der Waals surface area contributed by atoms with E-state index in [0.29, 0.717) is 5.56 Å². The van der Waals surface area contributed by atoms with E-state index >= 15 is 0 Å². The highest BCUT2D eigenvalue weighted by Crippen LogP contribution is 2.08. The number of hydrogen-bond donors (Lipinski definition) is 2. The molecule has 6 aromatic heterocycles. The fourth-order valence-electron chi connectivity index (χ4n) is 3.49. The number of carbonyl (C=O) groups is 1. The lowest BCUT2D eigenvalue weighted by atomic mass is 10.3. The largest absolute Gasteiger partial charge is 0.392 e. The van der Waals surface area contributed by atoms with Crippen LogP contribution in [0.5, 0.6) is 0 Å². The molecular formula is C26H26N6O3. The van der Waals surface area contributed by atoms with Crippen LogP contribution < -0.4 is 0 Å². The van der Waals surface area contributed by atoms with Gasteiger partial charge in [-0.3, -0.25) is 4.79 Å². The summed E-state index contributed by atoms with van der Waals surface area (Å²) in [6.45, 7) is 4.09. The maximum Gasteiger partial charge on any atom is 0.151 e. The molecule has 9 heteroatoms. The standard InChI is InChI=1S/C9H10N2O.C9H8N2O.C8H8N2O/c2*1-7-4-10-9-3-2-8(6-12)5-11(7)9;11-6-7-1-2-8-9-3-4-10(8)5-7/h2-5,12H,6H2,1H3;2-6H,1H3;1-5,11H,6H2. The van der Waals surface area contributed by atoms with Crippen molar-refractivity contribution in [1.82, 2.24) is 28.2 Å². The third kappa shape index (κ3) is 5.43. The van der Waals surface area contributed by atoms with Gasteiger partial charge >= 0.3 is 0 Å². The summed E-state index contributed by atoms with van der Waals surface area (Å²) < 4.78 is 5.74. The molecule has 6 aromatic rings. The Bertz CT molecular complexity index is 1580. The number of pyridine rings is 3. The fraction of sp³-hybridized carbons (Fsp3) is 0.154. The summed E-state index contributed by atoms with van der Waals surface area (Å²) >= 11 is 0. The Morgan fingerprint density at radius 1 is 0.743 bits per heavy atom. The molecule has 0 atom stereocenters. The van der Waals surface area contributed by atoms with Gasteiger partial charge in [0.05, 0.1) is 13.2 Å². The number of aromatic nitrogens is 6. The van der Waals surface area contributed by atoms with Gasteiger partial charge in [0, 0.05) is 60.3 Å². The molecular weight excluding hydrogens is 444 g/mol. The summed E-state index contributed by atoms with van der Waals surface area (Å²) in [5, 5.41) is 17.7. The maximum absolute atomic E-state index is 10.4. The molecule has 0 spiro atoms. The third-order valence-electron chi connectivity index (χ3n) is 5.42. The minimum absolute atomic E-state index is 0.0769. The summed E-state index contributed by atoms with van der Waals surface area (Å²) in [6.07, 6.45) is 13.6. The third-order valence-corrected chi connectivity index (χ3v) is 5.42. The van der Waals surface area contributed by atoms with E-state index in [1.807, 2.05) is 82.2 Å². The second-order valence-corrected chi connectivity index (χ2v) is 7.92. The predicted molar refractivity (Wildman–Crippen MR) is 132 cm³/mol. The summed E-state index contributed by atoms with van der Waals surface area (Å²) in [5.74, 6) is 0. The van der Waals surface area contributed by atoms with Gasteiger partial charge in [-0.15, -0.1) is 0 Å². The van der Waals surface area contributed by atoms with Gasteiger partial charge in [-0.2, -0.15) is 0 Å². The van der Waals surface area contributed by atoms with Crippen LogP contribution in [0.25, 0.3) is 16.9 Å². The van der Waals surface area contributed by atoms with Crippen LogP contribution in [0.4, 0.5) is 0 Å². The van der Waals surface area contributed by atoms with E-state index < -0.39 is 0 Å². The molecule has 0 unspecified atom stereocenters. The molecule has 0 saturated carbocycles. The Kier molecular flexibility index (Phi) is 7.30. The van der Waals surface area contributed by atoms with E-state index in [0.717, 1.165) is 45.7 Å². The minimum atomic E-state index is 0.0769. The van der Waals surface area contributed by atoms with Crippen molar-refractivity contribution in [2.75, 3.05) is 0 Å². The molecule has 0 aromatic carbocycles. The average molecular weight is 471 g/mol. The SMILES string of the molecule is Cc1cnc2ccc(C=O)cn12.Cc1cnc2ccc(CO)cn12.OCc1ccc2nccn2c1. The molecule has 0 amide bonds. The van der Waals surface area contributed by atoms with Crippen molar-refractivity contribution in [1.29, 1.82) is 0 Å². The van der Waals surface area contributed by atoms with Gasteiger partial charge in [0.2, 0.25) is 0 Å². The van der Waals surface area contributed by atoms with Gasteiger partial charge < -0.3 is 23.4 Å². The molecule has 0 bridgehead atoms. The van der Waals surface area contributed by atoms with Crippen LogP contribution in [0.3, 0.4) is 0 Å². The summed E-state index contributed by atoms with van der Waals surface area (Å²) in [6, 6.07) is 11.1. The number of aliphatic hydroxyl groups is 2. The molecule has 0 saturated heterocycles. The predicted octanol–water partition coefficient (Wildman–Crippen LogP) is 3.42. The number of fused-ring (bicyclic) bond motifs is 3. The molecule has 0 aliphatic heterocycles. The van der Waals surface area contributed by atoms with E-state index in [2.05, 4.69) is 15.0 Å². The lowest BCUT2D eigenvalue weighted by Crippen LogP contribution is -1.91. The molecule has 6 heterocycles. The fourth-order valence-corrected chi connectivity index (χ4v) is 3.49. The monoisotopic (exact) mass is 470 g/mol. The van der Waals surface area contributed by atoms with Gasteiger partial charge in [-0.1, -0.05) is 12.1 Å². The van der Waals surface area contributed by atoms with E-state index in [1.54, 1.807) is 24.7 Å². The van der Waals surface area contributed by atoms with Gasteiger partial charge in [0.1, 0.15) is 16.9 Å². The minimum Gasteiger partial charge on any atom is -0.392 e. The van der Waals surface area contributed by atoms with Crippen LogP contribution >= 0.6 is 0 Å². The van der Waals surface area contributed by atoms with Crippen molar-refractivity contribution in [3.05, 3.63) is 108 Å². The number of carbonyl (C=O) groups excluding carboxylic acids is 1. The normalized spacial score (nSPS) is 10.6. The summed E-state index contributed by atoms with van der Waals surface area (Å²) in [5.41, 5.74) is 7.29. The first-order chi connectivity index (χ1) is 17.0. The summed E-state index contributed by atoms with van der Waals surface area (Å²) in [4.78, 5) is 22.8. The van der Waals surface area contributed by atoms with E-state index in [1.165, 1.54) is 0 Å². The van der Waals surface area contributed by atoms with Crippen LogP contribution in [0, 0.1) is 13.8 Å². The zero-order valence-corrected chi connectivity index (χ0v) is 19.5. The number of aryl methyl sites for hydroxylation is 2. The highest BCUT2D eigenvalue weighted by molar-refractivity contribution is 5.74. The molecule has 0 radical (unpaired) electrons. The van der Waals surface area contributed by atoms with Crippen LogP contribution in [-0.4, -0.2) is 44.7 Å². The van der Waals surface area contributed by atoms with E-state index in [9.17, 15) is 4.79 Å². The lowest BCUT2D eigenvalue weighted by Gasteiger charge is -1.98. The molecule has 6 rings (SSSR count).